The average molecular weight is 306 g/mol. The van der Waals surface area contributed by atoms with E-state index in [4.69, 9.17) is 0 Å². The third kappa shape index (κ3) is 6.10. The van der Waals surface area contributed by atoms with Gasteiger partial charge in [0.05, 0.1) is 5.25 Å². The van der Waals surface area contributed by atoms with E-state index in [1.807, 2.05) is 6.92 Å². The molecule has 0 spiro atoms. The van der Waals surface area contributed by atoms with Crippen LogP contribution in [0.1, 0.15) is 39.2 Å². The molecule has 0 heterocycles. The normalized spacial score (nSPS) is 16.0. The summed E-state index contributed by atoms with van der Waals surface area (Å²) in [5.74, 6) is 0.819. The van der Waals surface area contributed by atoms with E-state index in [2.05, 4.69) is 48.7 Å². The molecule has 2 rings (SSSR count). The molecule has 3 nitrogen and oxygen atoms in total. The molecule has 1 aliphatic carbocycles. The molecule has 1 fully saturated rings. The van der Waals surface area contributed by atoms with Gasteiger partial charge in [0.15, 0.2) is 0 Å². The summed E-state index contributed by atoms with van der Waals surface area (Å²) in [5.41, 5.74) is 1.27. The van der Waals surface area contributed by atoms with Gasteiger partial charge in [-0.15, -0.1) is 11.8 Å². The summed E-state index contributed by atoms with van der Waals surface area (Å²) in [6.07, 6.45) is 2.28. The first kappa shape index (κ1) is 16.4. The fourth-order valence-corrected chi connectivity index (χ4v) is 3.00. The van der Waals surface area contributed by atoms with Crippen LogP contribution in [0.25, 0.3) is 0 Å². The van der Waals surface area contributed by atoms with Crippen LogP contribution < -0.4 is 10.6 Å². The van der Waals surface area contributed by atoms with Crippen LogP contribution in [0.4, 0.5) is 0 Å². The molecule has 0 radical (unpaired) electrons. The van der Waals surface area contributed by atoms with E-state index in [1.54, 1.807) is 11.8 Å². The summed E-state index contributed by atoms with van der Waals surface area (Å²) >= 11 is 1.64. The van der Waals surface area contributed by atoms with E-state index in [0.29, 0.717) is 12.0 Å². The van der Waals surface area contributed by atoms with E-state index < -0.39 is 0 Å². The van der Waals surface area contributed by atoms with E-state index in [1.165, 1.54) is 5.56 Å². The molecule has 1 aromatic rings. The maximum absolute atomic E-state index is 12.0. The Hall–Kier alpha value is -1.00. The molecule has 1 unspecified atom stereocenters. The van der Waals surface area contributed by atoms with E-state index in [9.17, 15) is 4.79 Å². The summed E-state index contributed by atoms with van der Waals surface area (Å²) in [6, 6.07) is 8.90. The highest BCUT2D eigenvalue weighted by atomic mass is 32.2. The van der Waals surface area contributed by atoms with Crippen molar-refractivity contribution in [3.63, 3.8) is 0 Å². The summed E-state index contributed by atoms with van der Waals surface area (Å²) in [7, 11) is 0. The molecular weight excluding hydrogens is 280 g/mol. The molecule has 1 atom stereocenters. The second-order valence-corrected chi connectivity index (χ2v) is 7.63. The van der Waals surface area contributed by atoms with Crippen molar-refractivity contribution in [2.75, 3.05) is 6.54 Å². The van der Waals surface area contributed by atoms with Gasteiger partial charge in [0.2, 0.25) is 5.91 Å². The number of amides is 1. The molecule has 2 N–H and O–H groups in total. The fraction of sp³-hybridized carbons (Fsp3) is 0.588. The van der Waals surface area contributed by atoms with Crippen molar-refractivity contribution in [3.05, 3.63) is 29.8 Å². The van der Waals surface area contributed by atoms with Crippen molar-refractivity contribution in [1.82, 2.24) is 10.6 Å². The topological polar surface area (TPSA) is 41.1 Å². The van der Waals surface area contributed by atoms with Crippen LogP contribution in [0.2, 0.25) is 0 Å². The van der Waals surface area contributed by atoms with Crippen LogP contribution in [-0.4, -0.2) is 23.7 Å². The lowest BCUT2D eigenvalue weighted by molar-refractivity contribution is -0.120. The van der Waals surface area contributed by atoms with Gasteiger partial charge < -0.3 is 10.6 Å². The van der Waals surface area contributed by atoms with E-state index >= 15 is 0 Å². The third-order valence-electron chi connectivity index (χ3n) is 3.39. The lowest BCUT2D eigenvalue weighted by atomic mass is 10.2. The predicted molar refractivity (Wildman–Crippen MR) is 89.5 cm³/mol. The lowest BCUT2D eigenvalue weighted by Gasteiger charge is -2.13. The molecular formula is C17H26N2OS. The quantitative estimate of drug-likeness (QED) is 0.725. The first-order valence-electron chi connectivity index (χ1n) is 7.81. The minimum Gasteiger partial charge on any atom is -0.352 e. The molecule has 4 heteroatoms. The average Bonchev–Trinajstić information content (AvgIpc) is 3.22. The Balaban J connectivity index is 1.83. The number of benzene rings is 1. The minimum absolute atomic E-state index is 0.0375. The number of nitrogens with one attached hydrogen (secondary N) is 2. The molecule has 21 heavy (non-hydrogen) atoms. The first-order valence-corrected chi connectivity index (χ1v) is 8.69. The second kappa shape index (κ2) is 7.85. The van der Waals surface area contributed by atoms with E-state index in [-0.39, 0.29) is 11.2 Å². The minimum atomic E-state index is -0.0375. The highest BCUT2D eigenvalue weighted by Gasteiger charge is 2.25. The van der Waals surface area contributed by atoms with Gasteiger partial charge >= 0.3 is 0 Å². The number of hydrogen-bond donors (Lipinski definition) is 2. The molecule has 1 saturated carbocycles. The molecule has 1 amide bonds. The summed E-state index contributed by atoms with van der Waals surface area (Å²) in [4.78, 5) is 13.1. The Morgan fingerprint density at radius 2 is 2.10 bits per heavy atom. The molecule has 0 saturated heterocycles. The molecule has 0 aromatic heterocycles. The number of rotatable bonds is 8. The first-order chi connectivity index (χ1) is 10.0. The van der Waals surface area contributed by atoms with Gasteiger partial charge in [0.1, 0.15) is 0 Å². The maximum Gasteiger partial charge on any atom is 0.233 e. The summed E-state index contributed by atoms with van der Waals surface area (Å²) < 4.78 is 0. The predicted octanol–water partition coefficient (Wildman–Crippen LogP) is 3.19. The van der Waals surface area contributed by atoms with Crippen LogP contribution in [-0.2, 0) is 11.3 Å². The van der Waals surface area contributed by atoms with Gasteiger partial charge in [-0.3, -0.25) is 4.79 Å². The van der Waals surface area contributed by atoms with Gasteiger partial charge in [0, 0.05) is 17.5 Å². The fourth-order valence-electron chi connectivity index (χ4n) is 2.04. The number of carbonyl (C=O) groups excluding carboxylic acids is 1. The van der Waals surface area contributed by atoms with Crippen molar-refractivity contribution >= 4 is 17.7 Å². The largest absolute Gasteiger partial charge is 0.352 e. The lowest BCUT2D eigenvalue weighted by Crippen LogP contribution is -2.32. The zero-order chi connectivity index (χ0) is 15.2. The zero-order valence-electron chi connectivity index (χ0n) is 13.2. The highest BCUT2D eigenvalue weighted by Crippen LogP contribution is 2.26. The van der Waals surface area contributed by atoms with Crippen LogP contribution in [0, 0.1) is 5.92 Å². The maximum atomic E-state index is 12.0. The third-order valence-corrected chi connectivity index (χ3v) is 4.48. The Kier molecular flexibility index (Phi) is 6.12. The monoisotopic (exact) mass is 306 g/mol. The van der Waals surface area contributed by atoms with Gasteiger partial charge in [-0.2, -0.15) is 0 Å². The van der Waals surface area contributed by atoms with E-state index in [0.717, 1.165) is 30.8 Å². The highest BCUT2D eigenvalue weighted by molar-refractivity contribution is 8.00. The van der Waals surface area contributed by atoms with Crippen molar-refractivity contribution in [2.24, 2.45) is 5.92 Å². The summed E-state index contributed by atoms with van der Waals surface area (Å²) in [5, 5.41) is 6.48. The number of hydrogen-bond acceptors (Lipinski definition) is 3. The van der Waals surface area contributed by atoms with Crippen molar-refractivity contribution in [3.8, 4) is 0 Å². The van der Waals surface area contributed by atoms with Crippen LogP contribution in [0.15, 0.2) is 29.2 Å². The van der Waals surface area contributed by atoms with Crippen molar-refractivity contribution in [1.29, 1.82) is 0 Å². The molecule has 116 valence electrons. The number of carbonyl (C=O) groups is 1. The van der Waals surface area contributed by atoms with Gasteiger partial charge in [-0.05, 0) is 49.9 Å². The number of thioether (sulfide) groups is 1. The van der Waals surface area contributed by atoms with Crippen molar-refractivity contribution < 1.29 is 4.79 Å². The van der Waals surface area contributed by atoms with Gasteiger partial charge in [-0.25, -0.2) is 0 Å². The Morgan fingerprint density at radius 3 is 2.76 bits per heavy atom. The SMILES string of the molecule is CC(C)CNCc1cccc(SC(C)C(=O)NC2CC2)c1. The molecule has 1 aliphatic rings. The van der Waals surface area contributed by atoms with Crippen LogP contribution in [0.3, 0.4) is 0 Å². The van der Waals surface area contributed by atoms with Gasteiger partial charge in [-0.1, -0.05) is 26.0 Å². The van der Waals surface area contributed by atoms with Crippen LogP contribution in [0.5, 0.6) is 0 Å². The Labute approximate surface area is 132 Å². The standard InChI is InChI=1S/C17H26N2OS/c1-12(2)10-18-11-14-5-4-6-16(9-14)21-13(3)17(20)19-15-7-8-15/h4-6,9,12-13,15,18H,7-8,10-11H2,1-3H3,(H,19,20). The summed E-state index contributed by atoms with van der Waals surface area (Å²) in [6.45, 7) is 8.30. The second-order valence-electron chi connectivity index (χ2n) is 6.22. The molecule has 1 aromatic carbocycles. The molecule has 0 aliphatic heterocycles. The van der Waals surface area contributed by atoms with Gasteiger partial charge in [0.25, 0.3) is 0 Å². The van der Waals surface area contributed by atoms with Crippen LogP contribution >= 0.6 is 11.8 Å². The smallest absolute Gasteiger partial charge is 0.233 e. The Morgan fingerprint density at radius 1 is 1.33 bits per heavy atom. The zero-order valence-corrected chi connectivity index (χ0v) is 14.0. The Bertz CT molecular complexity index is 472. The van der Waals surface area contributed by atoms with Crippen molar-refractivity contribution in [2.45, 2.75) is 56.3 Å². The molecule has 0 bridgehead atoms.